The van der Waals surface area contributed by atoms with Crippen molar-refractivity contribution in [2.24, 2.45) is 12.8 Å². The molecule has 19 heavy (non-hydrogen) atoms. The summed E-state index contributed by atoms with van der Waals surface area (Å²) in [4.78, 5) is 0. The summed E-state index contributed by atoms with van der Waals surface area (Å²) >= 11 is 6.20. The predicted molar refractivity (Wildman–Crippen MR) is 76.3 cm³/mol. The number of aryl methyl sites for hydroxylation is 1. The van der Waals surface area contributed by atoms with Gasteiger partial charge < -0.3 is 10.5 Å². The van der Waals surface area contributed by atoms with E-state index in [0.29, 0.717) is 17.4 Å². The molecule has 0 aliphatic heterocycles. The summed E-state index contributed by atoms with van der Waals surface area (Å²) in [5.74, 6) is 0.713. The van der Waals surface area contributed by atoms with Crippen LogP contribution in [0.5, 0.6) is 5.75 Å². The smallest absolute Gasteiger partial charge is 0.141 e. The Hall–Kier alpha value is -1.52. The van der Waals surface area contributed by atoms with Crippen LogP contribution in [0.1, 0.15) is 18.1 Å². The fraction of sp³-hybridized carbons (Fsp3) is 0.357. The zero-order chi connectivity index (χ0) is 13.8. The van der Waals surface area contributed by atoms with E-state index in [9.17, 15) is 0 Å². The lowest BCUT2D eigenvalue weighted by Gasteiger charge is -2.14. The van der Waals surface area contributed by atoms with E-state index in [4.69, 9.17) is 22.1 Å². The Morgan fingerprint density at radius 1 is 1.47 bits per heavy atom. The van der Waals surface area contributed by atoms with E-state index in [-0.39, 0.29) is 6.04 Å². The molecular formula is C14H18ClN3O. The third-order valence-electron chi connectivity index (χ3n) is 2.73. The molecule has 4 nitrogen and oxygen atoms in total. The molecule has 2 rings (SSSR count). The van der Waals surface area contributed by atoms with Crippen LogP contribution in [-0.2, 0) is 20.1 Å². The van der Waals surface area contributed by atoms with Crippen LogP contribution in [0.2, 0.25) is 5.02 Å². The van der Waals surface area contributed by atoms with Crippen LogP contribution in [0, 0.1) is 0 Å². The lowest BCUT2D eigenvalue weighted by molar-refractivity contribution is 0.302. The maximum Gasteiger partial charge on any atom is 0.141 e. The van der Waals surface area contributed by atoms with Crippen LogP contribution in [0.4, 0.5) is 0 Å². The van der Waals surface area contributed by atoms with Crippen LogP contribution in [0.3, 0.4) is 0 Å². The molecule has 2 N–H and O–H groups in total. The molecule has 0 spiro atoms. The van der Waals surface area contributed by atoms with Gasteiger partial charge in [-0.1, -0.05) is 23.7 Å². The number of aromatic nitrogens is 2. The zero-order valence-corrected chi connectivity index (χ0v) is 11.9. The highest BCUT2D eigenvalue weighted by Gasteiger charge is 2.10. The molecule has 0 saturated heterocycles. The van der Waals surface area contributed by atoms with E-state index in [1.165, 1.54) is 0 Å². The molecule has 1 atom stereocenters. The molecule has 102 valence electrons. The number of para-hydroxylation sites is 1. The van der Waals surface area contributed by atoms with Gasteiger partial charge in [0.2, 0.25) is 0 Å². The monoisotopic (exact) mass is 279 g/mol. The van der Waals surface area contributed by atoms with Crippen LogP contribution < -0.4 is 10.5 Å². The van der Waals surface area contributed by atoms with Crippen molar-refractivity contribution in [3.8, 4) is 5.75 Å². The fourth-order valence-electron chi connectivity index (χ4n) is 1.92. The summed E-state index contributed by atoms with van der Waals surface area (Å²) in [5, 5.41) is 4.72. The number of halogens is 1. The largest absolute Gasteiger partial charge is 0.487 e. The van der Waals surface area contributed by atoms with Crippen molar-refractivity contribution < 1.29 is 4.74 Å². The minimum atomic E-state index is 0.0687. The summed E-state index contributed by atoms with van der Waals surface area (Å²) in [7, 11) is 1.88. The Morgan fingerprint density at radius 3 is 2.89 bits per heavy atom. The second kappa shape index (κ2) is 6.08. The second-order valence-corrected chi connectivity index (χ2v) is 5.13. The van der Waals surface area contributed by atoms with Crippen molar-refractivity contribution in [1.82, 2.24) is 9.78 Å². The second-order valence-electron chi connectivity index (χ2n) is 4.72. The van der Waals surface area contributed by atoms with E-state index in [1.807, 2.05) is 38.4 Å². The lowest BCUT2D eigenvalue weighted by Crippen LogP contribution is -2.18. The molecule has 0 fully saturated rings. The first-order valence-corrected chi connectivity index (χ1v) is 6.57. The number of ether oxygens (including phenoxy) is 1. The molecule has 2 aromatic rings. The molecule has 1 aromatic carbocycles. The van der Waals surface area contributed by atoms with Gasteiger partial charge in [0.25, 0.3) is 0 Å². The summed E-state index contributed by atoms with van der Waals surface area (Å²) in [5.41, 5.74) is 7.88. The highest BCUT2D eigenvalue weighted by molar-refractivity contribution is 6.32. The molecule has 0 radical (unpaired) electrons. The molecule has 0 bridgehead atoms. The lowest BCUT2D eigenvalue weighted by atomic mass is 10.1. The Morgan fingerprint density at radius 2 is 2.26 bits per heavy atom. The highest BCUT2D eigenvalue weighted by Crippen LogP contribution is 2.30. The van der Waals surface area contributed by atoms with Gasteiger partial charge in [-0.05, 0) is 25.0 Å². The van der Waals surface area contributed by atoms with Gasteiger partial charge >= 0.3 is 0 Å². The van der Waals surface area contributed by atoms with Crippen LogP contribution in [0.25, 0.3) is 0 Å². The summed E-state index contributed by atoms with van der Waals surface area (Å²) < 4.78 is 7.57. The number of nitrogens with two attached hydrogens (primary N) is 1. The topological polar surface area (TPSA) is 53.1 Å². The van der Waals surface area contributed by atoms with Gasteiger partial charge in [0.05, 0.1) is 11.2 Å². The molecule has 5 heteroatoms. The van der Waals surface area contributed by atoms with Crippen molar-refractivity contribution >= 4 is 11.6 Å². The van der Waals surface area contributed by atoms with Gasteiger partial charge in [-0.2, -0.15) is 5.10 Å². The normalized spacial score (nSPS) is 12.4. The third-order valence-corrected chi connectivity index (χ3v) is 3.03. The Labute approximate surface area is 118 Å². The molecule has 0 amide bonds. The quantitative estimate of drug-likeness (QED) is 0.915. The highest BCUT2D eigenvalue weighted by atomic mass is 35.5. The minimum absolute atomic E-state index is 0.0687. The maximum absolute atomic E-state index is 6.20. The summed E-state index contributed by atoms with van der Waals surface area (Å²) in [6.45, 7) is 2.41. The molecule has 0 saturated carbocycles. The van der Waals surface area contributed by atoms with E-state index < -0.39 is 0 Å². The van der Waals surface area contributed by atoms with Crippen molar-refractivity contribution in [3.05, 3.63) is 46.7 Å². The minimum Gasteiger partial charge on any atom is -0.487 e. The Balaban J connectivity index is 2.14. The molecule has 1 unspecified atom stereocenters. The number of rotatable bonds is 5. The van der Waals surface area contributed by atoms with Gasteiger partial charge in [0.15, 0.2) is 0 Å². The van der Waals surface area contributed by atoms with Crippen LogP contribution >= 0.6 is 11.6 Å². The first-order valence-electron chi connectivity index (χ1n) is 6.19. The number of hydrogen-bond donors (Lipinski definition) is 1. The Kier molecular flexibility index (Phi) is 4.45. The first-order chi connectivity index (χ1) is 9.06. The number of benzene rings is 1. The molecule has 1 heterocycles. The molecule has 0 aliphatic rings. The molecule has 1 aromatic heterocycles. The van der Waals surface area contributed by atoms with E-state index in [0.717, 1.165) is 17.5 Å². The zero-order valence-electron chi connectivity index (χ0n) is 11.1. The van der Waals surface area contributed by atoms with Crippen molar-refractivity contribution in [2.45, 2.75) is 26.0 Å². The van der Waals surface area contributed by atoms with Gasteiger partial charge in [0.1, 0.15) is 12.4 Å². The van der Waals surface area contributed by atoms with Gasteiger partial charge in [-0.15, -0.1) is 0 Å². The number of nitrogens with zero attached hydrogens (tertiary/aromatic N) is 2. The van der Waals surface area contributed by atoms with Gasteiger partial charge in [-0.25, -0.2) is 0 Å². The van der Waals surface area contributed by atoms with Crippen molar-refractivity contribution in [1.29, 1.82) is 0 Å². The third kappa shape index (κ3) is 3.72. The summed E-state index contributed by atoms with van der Waals surface area (Å²) in [6, 6.07) is 5.80. The van der Waals surface area contributed by atoms with Crippen molar-refractivity contribution in [3.63, 3.8) is 0 Å². The average Bonchev–Trinajstić information content (AvgIpc) is 2.73. The van der Waals surface area contributed by atoms with E-state index >= 15 is 0 Å². The molecule has 0 aliphatic carbocycles. The van der Waals surface area contributed by atoms with Crippen LogP contribution in [0.15, 0.2) is 30.6 Å². The van der Waals surface area contributed by atoms with Gasteiger partial charge in [-0.3, -0.25) is 4.68 Å². The van der Waals surface area contributed by atoms with E-state index in [2.05, 4.69) is 5.10 Å². The Bertz CT molecular complexity index is 551. The number of hydrogen-bond acceptors (Lipinski definition) is 3. The average molecular weight is 280 g/mol. The maximum atomic E-state index is 6.20. The standard InChI is InChI=1S/C14H18ClN3O/c1-10(16)6-12-4-3-5-13(15)14(12)19-9-11-7-17-18(2)8-11/h3-5,7-8,10H,6,9,16H2,1-2H3. The van der Waals surface area contributed by atoms with E-state index in [1.54, 1.807) is 10.9 Å². The summed E-state index contributed by atoms with van der Waals surface area (Å²) in [6.07, 6.45) is 4.44. The predicted octanol–water partition coefficient (Wildman–Crippen LogP) is 2.54. The van der Waals surface area contributed by atoms with Crippen LogP contribution in [-0.4, -0.2) is 15.8 Å². The molecular weight excluding hydrogens is 262 g/mol. The first kappa shape index (κ1) is 13.9. The van der Waals surface area contributed by atoms with Crippen molar-refractivity contribution in [2.75, 3.05) is 0 Å². The SMILES string of the molecule is CC(N)Cc1cccc(Cl)c1OCc1cnn(C)c1. The van der Waals surface area contributed by atoms with Gasteiger partial charge in [0, 0.05) is 24.8 Å². The fourth-order valence-corrected chi connectivity index (χ4v) is 2.17.